The van der Waals surface area contributed by atoms with Gasteiger partial charge in [-0.15, -0.1) is 0 Å². The lowest BCUT2D eigenvalue weighted by molar-refractivity contribution is -0.134. The van der Waals surface area contributed by atoms with Crippen LogP contribution in [0.4, 0.5) is 0 Å². The topological polar surface area (TPSA) is 77.0 Å². The molecular weight excluding hydrogens is 266 g/mol. The van der Waals surface area contributed by atoms with E-state index in [0.717, 1.165) is 24.0 Å². The first-order chi connectivity index (χ1) is 10.1. The SMILES string of the molecule is Cn1cc(C(N)C(=O)N(Cc2ccncc2)C2CC2)cn1. The molecular formula is C15H19N5O. The van der Waals surface area contributed by atoms with E-state index in [1.54, 1.807) is 29.5 Å². The molecule has 0 radical (unpaired) electrons. The summed E-state index contributed by atoms with van der Waals surface area (Å²) in [6.45, 7) is 0.583. The fraction of sp³-hybridized carbons (Fsp3) is 0.400. The zero-order valence-corrected chi connectivity index (χ0v) is 12.0. The Hall–Kier alpha value is -2.21. The third-order valence-corrected chi connectivity index (χ3v) is 3.72. The number of hydrogen-bond donors (Lipinski definition) is 1. The number of nitrogens with zero attached hydrogens (tertiary/aromatic N) is 4. The summed E-state index contributed by atoms with van der Waals surface area (Å²) in [6, 6.07) is 3.52. The predicted octanol–water partition coefficient (Wildman–Crippen LogP) is 1.01. The van der Waals surface area contributed by atoms with Gasteiger partial charge in [-0.3, -0.25) is 14.5 Å². The van der Waals surface area contributed by atoms with E-state index in [1.807, 2.05) is 24.1 Å². The monoisotopic (exact) mass is 285 g/mol. The predicted molar refractivity (Wildman–Crippen MR) is 77.9 cm³/mol. The van der Waals surface area contributed by atoms with Gasteiger partial charge >= 0.3 is 0 Å². The lowest BCUT2D eigenvalue weighted by Crippen LogP contribution is -2.39. The summed E-state index contributed by atoms with van der Waals surface area (Å²) in [7, 11) is 1.82. The van der Waals surface area contributed by atoms with Gasteiger partial charge in [0.2, 0.25) is 5.91 Å². The summed E-state index contributed by atoms with van der Waals surface area (Å²) in [5, 5.41) is 4.08. The van der Waals surface area contributed by atoms with Gasteiger partial charge in [0, 0.05) is 43.8 Å². The van der Waals surface area contributed by atoms with Crippen LogP contribution in [0.3, 0.4) is 0 Å². The second-order valence-electron chi connectivity index (χ2n) is 5.48. The van der Waals surface area contributed by atoms with E-state index in [1.165, 1.54) is 0 Å². The molecule has 110 valence electrons. The number of hydrogen-bond acceptors (Lipinski definition) is 4. The van der Waals surface area contributed by atoms with Crippen molar-refractivity contribution in [3.8, 4) is 0 Å². The minimum Gasteiger partial charge on any atom is -0.334 e. The van der Waals surface area contributed by atoms with E-state index in [2.05, 4.69) is 10.1 Å². The standard InChI is InChI=1S/C15H19N5O/c1-19-10-12(8-18-19)14(16)15(21)20(13-2-3-13)9-11-4-6-17-7-5-11/h4-8,10,13-14H,2-3,9,16H2,1H3. The molecule has 2 N–H and O–H groups in total. The van der Waals surface area contributed by atoms with Crippen LogP contribution in [-0.4, -0.2) is 31.6 Å². The maximum Gasteiger partial charge on any atom is 0.244 e. The summed E-state index contributed by atoms with van der Waals surface area (Å²) in [6.07, 6.45) is 9.03. The lowest BCUT2D eigenvalue weighted by Gasteiger charge is -2.25. The number of pyridine rings is 1. The molecule has 1 fully saturated rings. The molecule has 1 aliphatic carbocycles. The number of rotatable bonds is 5. The molecule has 0 bridgehead atoms. The second-order valence-corrected chi connectivity index (χ2v) is 5.48. The largest absolute Gasteiger partial charge is 0.334 e. The van der Waals surface area contributed by atoms with Crippen LogP contribution in [0.2, 0.25) is 0 Å². The van der Waals surface area contributed by atoms with Crippen molar-refractivity contribution in [1.29, 1.82) is 0 Å². The molecule has 2 aromatic heterocycles. The van der Waals surface area contributed by atoms with Crippen LogP contribution >= 0.6 is 0 Å². The second kappa shape index (κ2) is 5.65. The number of carbonyl (C=O) groups is 1. The first-order valence-electron chi connectivity index (χ1n) is 7.08. The van der Waals surface area contributed by atoms with Crippen molar-refractivity contribution in [2.75, 3.05) is 0 Å². The molecule has 1 aliphatic rings. The number of nitrogens with two attached hydrogens (primary N) is 1. The van der Waals surface area contributed by atoms with E-state index in [4.69, 9.17) is 5.73 Å². The van der Waals surface area contributed by atoms with Gasteiger partial charge in [-0.05, 0) is 30.5 Å². The fourth-order valence-corrected chi connectivity index (χ4v) is 2.38. The van der Waals surface area contributed by atoms with Gasteiger partial charge in [0.1, 0.15) is 6.04 Å². The molecule has 3 rings (SSSR count). The summed E-state index contributed by atoms with van der Waals surface area (Å²) in [4.78, 5) is 18.6. The van der Waals surface area contributed by atoms with Crippen molar-refractivity contribution in [3.63, 3.8) is 0 Å². The van der Waals surface area contributed by atoms with Crippen LogP contribution in [0.15, 0.2) is 36.9 Å². The van der Waals surface area contributed by atoms with Gasteiger partial charge in [-0.1, -0.05) is 0 Å². The van der Waals surface area contributed by atoms with Crippen LogP contribution in [0.5, 0.6) is 0 Å². The van der Waals surface area contributed by atoms with E-state index < -0.39 is 6.04 Å². The Morgan fingerprint density at radius 2 is 2.19 bits per heavy atom. The number of amides is 1. The van der Waals surface area contributed by atoms with Crippen LogP contribution in [0.1, 0.15) is 30.0 Å². The molecule has 2 heterocycles. The molecule has 0 spiro atoms. The highest BCUT2D eigenvalue weighted by Crippen LogP contribution is 2.30. The quantitative estimate of drug-likeness (QED) is 0.889. The maximum absolute atomic E-state index is 12.7. The van der Waals surface area contributed by atoms with Gasteiger partial charge in [0.05, 0.1) is 6.20 Å². The Morgan fingerprint density at radius 3 is 2.76 bits per heavy atom. The van der Waals surface area contributed by atoms with Crippen molar-refractivity contribution in [2.45, 2.75) is 31.5 Å². The highest BCUT2D eigenvalue weighted by atomic mass is 16.2. The molecule has 0 saturated heterocycles. The zero-order chi connectivity index (χ0) is 14.8. The summed E-state index contributed by atoms with van der Waals surface area (Å²) in [5.41, 5.74) is 7.94. The van der Waals surface area contributed by atoms with Crippen molar-refractivity contribution in [2.24, 2.45) is 12.8 Å². The first-order valence-corrected chi connectivity index (χ1v) is 7.08. The number of aryl methyl sites for hydroxylation is 1. The van der Waals surface area contributed by atoms with Crippen LogP contribution in [0, 0.1) is 0 Å². The fourth-order valence-electron chi connectivity index (χ4n) is 2.38. The Labute approximate surface area is 123 Å². The van der Waals surface area contributed by atoms with Gasteiger partial charge in [0.15, 0.2) is 0 Å². The maximum atomic E-state index is 12.7. The Morgan fingerprint density at radius 1 is 1.48 bits per heavy atom. The van der Waals surface area contributed by atoms with Crippen molar-refractivity contribution in [3.05, 3.63) is 48.0 Å². The van der Waals surface area contributed by atoms with E-state index in [-0.39, 0.29) is 5.91 Å². The van der Waals surface area contributed by atoms with Crippen LogP contribution < -0.4 is 5.73 Å². The normalized spacial score (nSPS) is 15.7. The third-order valence-electron chi connectivity index (χ3n) is 3.72. The number of carbonyl (C=O) groups excluding carboxylic acids is 1. The average molecular weight is 285 g/mol. The highest BCUT2D eigenvalue weighted by molar-refractivity contribution is 5.83. The molecule has 0 aromatic carbocycles. The highest BCUT2D eigenvalue weighted by Gasteiger charge is 2.35. The molecule has 0 aliphatic heterocycles. The molecule has 6 nitrogen and oxygen atoms in total. The molecule has 2 aromatic rings. The molecule has 21 heavy (non-hydrogen) atoms. The van der Waals surface area contributed by atoms with Gasteiger partial charge in [-0.2, -0.15) is 5.10 Å². The molecule has 1 amide bonds. The van der Waals surface area contributed by atoms with Gasteiger partial charge in [-0.25, -0.2) is 0 Å². The van der Waals surface area contributed by atoms with Crippen molar-refractivity contribution in [1.82, 2.24) is 19.7 Å². The average Bonchev–Trinajstić information content (AvgIpc) is 3.25. The molecule has 6 heteroatoms. The smallest absolute Gasteiger partial charge is 0.244 e. The zero-order valence-electron chi connectivity index (χ0n) is 12.0. The van der Waals surface area contributed by atoms with E-state index in [0.29, 0.717) is 12.6 Å². The van der Waals surface area contributed by atoms with Crippen LogP contribution in [0.25, 0.3) is 0 Å². The Kier molecular flexibility index (Phi) is 3.70. The van der Waals surface area contributed by atoms with Crippen LogP contribution in [-0.2, 0) is 18.4 Å². The summed E-state index contributed by atoms with van der Waals surface area (Å²) < 4.78 is 1.66. The molecule has 1 saturated carbocycles. The third kappa shape index (κ3) is 3.11. The Bertz CT molecular complexity index is 620. The molecule has 1 atom stereocenters. The lowest BCUT2D eigenvalue weighted by atomic mass is 10.1. The summed E-state index contributed by atoms with van der Waals surface area (Å²) >= 11 is 0. The minimum atomic E-state index is -0.652. The van der Waals surface area contributed by atoms with Gasteiger partial charge in [0.25, 0.3) is 0 Å². The summed E-state index contributed by atoms with van der Waals surface area (Å²) in [5.74, 6) is -0.0395. The Balaban J connectivity index is 1.76. The van der Waals surface area contributed by atoms with E-state index >= 15 is 0 Å². The van der Waals surface area contributed by atoms with E-state index in [9.17, 15) is 4.79 Å². The molecule has 1 unspecified atom stereocenters. The van der Waals surface area contributed by atoms with Crippen molar-refractivity contribution < 1.29 is 4.79 Å². The van der Waals surface area contributed by atoms with Gasteiger partial charge < -0.3 is 10.6 Å². The minimum absolute atomic E-state index is 0.0395. The first kappa shape index (κ1) is 13.8. The van der Waals surface area contributed by atoms with Crippen molar-refractivity contribution >= 4 is 5.91 Å². The number of aromatic nitrogens is 3.